The van der Waals surface area contributed by atoms with E-state index in [4.69, 9.17) is 10.5 Å². The Morgan fingerprint density at radius 1 is 1.17 bits per heavy atom. The number of primary amides is 1. The normalized spacial score (nSPS) is 41.2. The summed E-state index contributed by atoms with van der Waals surface area (Å²) >= 11 is 0. The molecule has 4 bridgehead atoms. The number of hydrogen-bond acceptors (Lipinski definition) is 2. The van der Waals surface area contributed by atoms with Crippen molar-refractivity contribution in [3.05, 3.63) is 35.9 Å². The average molecular weight is 313 g/mol. The maximum atomic E-state index is 12.4. The summed E-state index contributed by atoms with van der Waals surface area (Å²) in [6.45, 7) is 3.58. The zero-order chi connectivity index (χ0) is 16.1. The summed E-state index contributed by atoms with van der Waals surface area (Å²) in [5.41, 5.74) is 7.28. The summed E-state index contributed by atoms with van der Waals surface area (Å²) in [6, 6.07) is 10.8. The van der Waals surface area contributed by atoms with Crippen molar-refractivity contribution in [2.45, 2.75) is 50.9 Å². The second kappa shape index (κ2) is 5.07. The number of carbonyl (C=O) groups excluding carboxylic acids is 1. The van der Waals surface area contributed by atoms with Gasteiger partial charge in [-0.1, -0.05) is 30.3 Å². The van der Waals surface area contributed by atoms with Gasteiger partial charge in [0.25, 0.3) is 0 Å². The Morgan fingerprint density at radius 3 is 2.65 bits per heavy atom. The summed E-state index contributed by atoms with van der Waals surface area (Å²) in [4.78, 5) is 12.4. The fourth-order valence-corrected chi connectivity index (χ4v) is 6.51. The number of amides is 1. The number of nitrogens with two attached hydrogens (primary N) is 1. The summed E-state index contributed by atoms with van der Waals surface area (Å²) in [6.07, 6.45) is 6.42. The molecule has 4 fully saturated rings. The van der Waals surface area contributed by atoms with Crippen molar-refractivity contribution in [1.29, 1.82) is 0 Å². The molecule has 1 aromatic carbocycles. The summed E-state index contributed by atoms with van der Waals surface area (Å²) in [5, 5.41) is 0. The molecular weight excluding hydrogens is 286 g/mol. The molecule has 4 aliphatic carbocycles. The third-order valence-corrected chi connectivity index (χ3v) is 6.71. The topological polar surface area (TPSA) is 52.3 Å². The number of rotatable bonds is 5. The molecule has 124 valence electrons. The highest BCUT2D eigenvalue weighted by Gasteiger charge is 2.65. The van der Waals surface area contributed by atoms with Crippen LogP contribution >= 0.6 is 0 Å². The van der Waals surface area contributed by atoms with Gasteiger partial charge >= 0.3 is 0 Å². The molecule has 4 aliphatic rings. The predicted molar refractivity (Wildman–Crippen MR) is 89.9 cm³/mol. The van der Waals surface area contributed by atoms with Gasteiger partial charge in [-0.25, -0.2) is 0 Å². The maximum absolute atomic E-state index is 12.4. The first kappa shape index (κ1) is 15.2. The first-order valence-electron chi connectivity index (χ1n) is 8.95. The maximum Gasteiger partial charge on any atom is 0.223 e. The van der Waals surface area contributed by atoms with Crippen LogP contribution < -0.4 is 5.73 Å². The van der Waals surface area contributed by atoms with E-state index in [1.54, 1.807) is 0 Å². The average Bonchev–Trinajstić information content (AvgIpc) is 2.53. The molecule has 4 unspecified atom stereocenters. The zero-order valence-electron chi connectivity index (χ0n) is 14.0. The lowest BCUT2D eigenvalue weighted by Crippen LogP contribution is -2.63. The van der Waals surface area contributed by atoms with Gasteiger partial charge in [0.1, 0.15) is 0 Å². The quantitative estimate of drug-likeness (QED) is 0.905. The van der Waals surface area contributed by atoms with Gasteiger partial charge in [0.05, 0.1) is 12.0 Å². The van der Waals surface area contributed by atoms with Crippen molar-refractivity contribution < 1.29 is 9.53 Å². The van der Waals surface area contributed by atoms with Crippen LogP contribution in [0.5, 0.6) is 0 Å². The molecule has 1 aromatic rings. The predicted octanol–water partition coefficient (Wildman–Crippen LogP) is 3.42. The largest absolute Gasteiger partial charge is 0.381 e. The Morgan fingerprint density at radius 2 is 1.96 bits per heavy atom. The van der Waals surface area contributed by atoms with Crippen LogP contribution in [0.3, 0.4) is 0 Å². The Bertz CT molecular complexity index is 615. The Labute approximate surface area is 138 Å². The van der Waals surface area contributed by atoms with E-state index < -0.39 is 0 Å². The van der Waals surface area contributed by atoms with E-state index >= 15 is 0 Å². The van der Waals surface area contributed by atoms with E-state index in [2.05, 4.69) is 37.3 Å². The van der Waals surface area contributed by atoms with E-state index in [1.165, 1.54) is 18.4 Å². The molecule has 0 aromatic heterocycles. The van der Waals surface area contributed by atoms with E-state index in [9.17, 15) is 4.79 Å². The summed E-state index contributed by atoms with van der Waals surface area (Å²) < 4.78 is 5.87. The van der Waals surface area contributed by atoms with E-state index in [-0.39, 0.29) is 22.2 Å². The fourth-order valence-electron chi connectivity index (χ4n) is 6.51. The second-order valence-corrected chi connectivity index (χ2v) is 8.44. The molecule has 2 N–H and O–H groups in total. The van der Waals surface area contributed by atoms with Gasteiger partial charge in [-0.2, -0.15) is 0 Å². The van der Waals surface area contributed by atoms with Gasteiger partial charge in [0, 0.05) is 6.61 Å². The zero-order valence-corrected chi connectivity index (χ0v) is 14.0. The van der Waals surface area contributed by atoms with Crippen LogP contribution in [-0.4, -0.2) is 19.1 Å². The highest BCUT2D eigenvalue weighted by molar-refractivity contribution is 5.82. The molecule has 0 heterocycles. The van der Waals surface area contributed by atoms with Crippen LogP contribution in [-0.2, 0) is 14.9 Å². The van der Waals surface area contributed by atoms with Gasteiger partial charge in [-0.15, -0.1) is 0 Å². The molecule has 4 atom stereocenters. The molecule has 0 saturated heterocycles. The monoisotopic (exact) mass is 313 g/mol. The van der Waals surface area contributed by atoms with Crippen molar-refractivity contribution >= 4 is 5.91 Å². The molecule has 0 aliphatic heterocycles. The lowest BCUT2D eigenvalue weighted by atomic mass is 9.38. The Hall–Kier alpha value is -1.35. The minimum Gasteiger partial charge on any atom is -0.381 e. The highest BCUT2D eigenvalue weighted by atomic mass is 16.5. The van der Waals surface area contributed by atoms with E-state index in [0.717, 1.165) is 38.9 Å². The molecule has 3 heteroatoms. The second-order valence-electron chi connectivity index (χ2n) is 8.44. The first-order chi connectivity index (χ1) is 11.0. The van der Waals surface area contributed by atoms with Gasteiger partial charge < -0.3 is 10.5 Å². The molecule has 5 rings (SSSR count). The molecule has 1 amide bonds. The molecule has 0 spiro atoms. The number of carbonyl (C=O) groups is 1. The number of ether oxygens (including phenoxy) is 1. The van der Waals surface area contributed by atoms with Gasteiger partial charge in [0.15, 0.2) is 0 Å². The van der Waals surface area contributed by atoms with Crippen molar-refractivity contribution in [2.75, 3.05) is 13.2 Å². The van der Waals surface area contributed by atoms with Crippen molar-refractivity contribution in [3.8, 4) is 0 Å². The van der Waals surface area contributed by atoms with Crippen LogP contribution in [0.2, 0.25) is 0 Å². The minimum absolute atomic E-state index is 0.0808. The van der Waals surface area contributed by atoms with Gasteiger partial charge in [0.2, 0.25) is 5.91 Å². The first-order valence-corrected chi connectivity index (χ1v) is 8.95. The highest BCUT2D eigenvalue weighted by Crippen LogP contribution is 2.70. The van der Waals surface area contributed by atoms with Crippen LogP contribution in [0, 0.1) is 16.7 Å². The SMILES string of the molecule is CCOCC12CC3CC(C(N)=O)(C1)CC(c1ccccc1)(C3)C2. The van der Waals surface area contributed by atoms with Crippen LogP contribution in [0.1, 0.15) is 51.0 Å². The summed E-state index contributed by atoms with van der Waals surface area (Å²) in [5.74, 6) is 0.530. The Balaban J connectivity index is 1.78. The molecule has 23 heavy (non-hydrogen) atoms. The van der Waals surface area contributed by atoms with E-state index in [0.29, 0.717) is 5.92 Å². The standard InChI is InChI=1S/C20H27NO2/c1-2-23-14-18-8-15-9-19(11-18,16-6-4-3-5-7-16)13-20(10-15,12-18)17(21)22/h3-7,15H,2,8-14H2,1H3,(H2,21,22). The van der Waals surface area contributed by atoms with Crippen molar-refractivity contribution in [1.82, 2.24) is 0 Å². The van der Waals surface area contributed by atoms with Crippen LogP contribution in [0.4, 0.5) is 0 Å². The third-order valence-electron chi connectivity index (χ3n) is 6.71. The Kier molecular flexibility index (Phi) is 3.35. The lowest BCUT2D eigenvalue weighted by Gasteiger charge is -2.66. The van der Waals surface area contributed by atoms with E-state index in [1.807, 2.05) is 0 Å². The number of hydrogen-bond donors (Lipinski definition) is 1. The van der Waals surface area contributed by atoms with Crippen molar-refractivity contribution in [3.63, 3.8) is 0 Å². The number of benzene rings is 1. The molecule has 4 saturated carbocycles. The molecule has 0 radical (unpaired) electrons. The lowest BCUT2D eigenvalue weighted by molar-refractivity contribution is -0.169. The third kappa shape index (κ3) is 2.24. The molecular formula is C20H27NO2. The van der Waals surface area contributed by atoms with Crippen LogP contribution in [0.25, 0.3) is 0 Å². The minimum atomic E-state index is -0.313. The smallest absolute Gasteiger partial charge is 0.223 e. The van der Waals surface area contributed by atoms with Gasteiger partial charge in [-0.05, 0) is 67.8 Å². The van der Waals surface area contributed by atoms with Crippen molar-refractivity contribution in [2.24, 2.45) is 22.5 Å². The molecule has 3 nitrogen and oxygen atoms in total. The van der Waals surface area contributed by atoms with Crippen LogP contribution in [0.15, 0.2) is 30.3 Å². The summed E-state index contributed by atoms with van der Waals surface area (Å²) in [7, 11) is 0. The van der Waals surface area contributed by atoms with Gasteiger partial charge in [-0.3, -0.25) is 4.79 Å². The fraction of sp³-hybridized carbons (Fsp3) is 0.650.